The molecule has 7 nitrogen and oxygen atoms in total. The summed E-state index contributed by atoms with van der Waals surface area (Å²) in [5, 5.41) is 2.89. The third kappa shape index (κ3) is 3.73. The second-order valence-corrected chi connectivity index (χ2v) is 9.92. The Morgan fingerprint density at radius 3 is 2.44 bits per heavy atom. The number of ether oxygens (including phenoxy) is 2. The van der Waals surface area contributed by atoms with Gasteiger partial charge in [-0.3, -0.25) is 19.3 Å². The first-order valence-electron chi connectivity index (χ1n) is 11.6. The molecule has 3 atom stereocenters. The summed E-state index contributed by atoms with van der Waals surface area (Å²) in [6, 6.07) is 13.5. The third-order valence-electron chi connectivity index (χ3n) is 8.00. The van der Waals surface area contributed by atoms with E-state index in [1.807, 2.05) is 51.1 Å². The molecule has 7 heteroatoms. The molecule has 3 amide bonds. The number of fused-ring (bicyclic) bond motifs is 2. The Kier molecular flexibility index (Phi) is 6.14. The molecule has 1 aliphatic heterocycles. The van der Waals surface area contributed by atoms with Crippen molar-refractivity contribution in [1.29, 1.82) is 0 Å². The Morgan fingerprint density at radius 1 is 1.09 bits per heavy atom. The van der Waals surface area contributed by atoms with Crippen molar-refractivity contribution in [3.05, 3.63) is 54.1 Å². The first-order valence-corrected chi connectivity index (χ1v) is 11.6. The van der Waals surface area contributed by atoms with Crippen LogP contribution >= 0.6 is 0 Å². The van der Waals surface area contributed by atoms with E-state index in [-0.39, 0.29) is 24.2 Å². The Bertz CT molecular complexity index is 1110. The van der Waals surface area contributed by atoms with E-state index in [9.17, 15) is 14.4 Å². The number of benzene rings is 2. The van der Waals surface area contributed by atoms with Crippen molar-refractivity contribution >= 4 is 23.4 Å². The monoisotopic (exact) mass is 464 g/mol. The number of anilines is 1. The lowest BCUT2D eigenvalue weighted by atomic mass is 9.62. The molecule has 2 fully saturated rings. The predicted octanol–water partition coefficient (Wildman–Crippen LogP) is 4.06. The van der Waals surface area contributed by atoms with Gasteiger partial charge < -0.3 is 14.8 Å². The minimum atomic E-state index is -0.991. The molecule has 2 aromatic rings. The fourth-order valence-corrected chi connectivity index (χ4v) is 5.41. The highest BCUT2D eigenvalue weighted by Gasteiger charge is 2.65. The number of rotatable bonds is 7. The maximum atomic E-state index is 13.8. The average Bonchev–Trinajstić information content (AvgIpc) is 3.01. The number of piperidine rings is 1. The van der Waals surface area contributed by atoms with Crippen LogP contribution in [0.5, 0.6) is 11.5 Å². The van der Waals surface area contributed by atoms with Crippen LogP contribution in [0, 0.1) is 16.7 Å². The fourth-order valence-electron chi connectivity index (χ4n) is 5.41. The number of amides is 3. The highest BCUT2D eigenvalue weighted by Crippen LogP contribution is 2.60. The van der Waals surface area contributed by atoms with Crippen LogP contribution in [0.15, 0.2) is 48.5 Å². The average molecular weight is 465 g/mol. The molecular weight excluding hydrogens is 432 g/mol. The number of carbonyl (C=O) groups excluding carboxylic acids is 3. The van der Waals surface area contributed by atoms with Gasteiger partial charge in [0, 0.05) is 18.4 Å². The summed E-state index contributed by atoms with van der Waals surface area (Å²) in [5.41, 5.74) is 0.120. The summed E-state index contributed by atoms with van der Waals surface area (Å²) < 4.78 is 10.7. The van der Waals surface area contributed by atoms with Crippen LogP contribution in [0.2, 0.25) is 0 Å². The molecule has 2 bridgehead atoms. The number of methoxy groups -OCH3 is 2. The standard InChI is InChI=1S/C27H32N2O5/c1-26(2)19-13-14-27(26,3)25(32)29(24(19)31)21(15-17-9-7-6-8-10-17)23(30)28-20-16-18(33-4)11-12-22(20)34-5/h6-12,16,19,21H,13-15H2,1-5H3,(H,28,30). The Hall–Kier alpha value is -3.35. The number of nitrogens with zero attached hydrogens (tertiary/aromatic N) is 1. The van der Waals surface area contributed by atoms with Crippen LogP contribution in [0.4, 0.5) is 5.69 Å². The topological polar surface area (TPSA) is 84.9 Å². The van der Waals surface area contributed by atoms with Gasteiger partial charge in [-0.15, -0.1) is 0 Å². The first-order chi connectivity index (χ1) is 16.1. The van der Waals surface area contributed by atoms with E-state index in [0.717, 1.165) is 5.56 Å². The zero-order valence-electron chi connectivity index (χ0n) is 20.4. The third-order valence-corrected chi connectivity index (χ3v) is 8.00. The van der Waals surface area contributed by atoms with Gasteiger partial charge in [0.05, 0.1) is 25.3 Å². The molecule has 0 aromatic heterocycles. The molecule has 4 rings (SSSR count). The fraction of sp³-hybridized carbons (Fsp3) is 0.444. The van der Waals surface area contributed by atoms with Crippen molar-refractivity contribution in [3.8, 4) is 11.5 Å². The van der Waals surface area contributed by atoms with E-state index < -0.39 is 22.8 Å². The minimum Gasteiger partial charge on any atom is -0.497 e. The van der Waals surface area contributed by atoms with Crippen molar-refractivity contribution in [2.24, 2.45) is 16.7 Å². The summed E-state index contributed by atoms with van der Waals surface area (Å²) in [4.78, 5) is 42.4. The molecule has 1 saturated carbocycles. The number of nitrogens with one attached hydrogen (secondary N) is 1. The minimum absolute atomic E-state index is 0.222. The van der Waals surface area contributed by atoms with E-state index >= 15 is 0 Å². The molecule has 3 unspecified atom stereocenters. The predicted molar refractivity (Wildman–Crippen MR) is 129 cm³/mol. The normalized spacial score (nSPS) is 24.0. The summed E-state index contributed by atoms with van der Waals surface area (Å²) in [6.07, 6.45) is 1.50. The number of imide groups is 1. The van der Waals surface area contributed by atoms with Gasteiger partial charge in [0.1, 0.15) is 17.5 Å². The van der Waals surface area contributed by atoms with Crippen LogP contribution in [0.1, 0.15) is 39.2 Å². The Morgan fingerprint density at radius 2 is 1.79 bits per heavy atom. The molecular formula is C27H32N2O5. The summed E-state index contributed by atoms with van der Waals surface area (Å²) in [7, 11) is 3.05. The van der Waals surface area contributed by atoms with Gasteiger partial charge in [0.2, 0.25) is 17.7 Å². The largest absolute Gasteiger partial charge is 0.497 e. The first kappa shape index (κ1) is 23.8. The second-order valence-electron chi connectivity index (χ2n) is 9.92. The number of carbonyl (C=O) groups is 3. The maximum absolute atomic E-state index is 13.8. The lowest BCUT2D eigenvalue weighted by Crippen LogP contribution is -2.64. The number of likely N-dealkylation sites (tertiary alicyclic amines) is 1. The quantitative estimate of drug-likeness (QED) is 0.625. The van der Waals surface area contributed by atoms with Gasteiger partial charge in [-0.05, 0) is 36.0 Å². The van der Waals surface area contributed by atoms with Gasteiger partial charge in [0.25, 0.3) is 0 Å². The molecule has 2 aliphatic rings. The summed E-state index contributed by atoms with van der Waals surface area (Å²) in [6.45, 7) is 5.91. The van der Waals surface area contributed by atoms with Gasteiger partial charge in [0.15, 0.2) is 0 Å². The van der Waals surface area contributed by atoms with E-state index in [2.05, 4.69) is 5.32 Å². The summed E-state index contributed by atoms with van der Waals surface area (Å²) >= 11 is 0. The van der Waals surface area contributed by atoms with Crippen LogP contribution in [0.3, 0.4) is 0 Å². The number of hydrogen-bond donors (Lipinski definition) is 1. The molecule has 1 heterocycles. The number of hydrogen-bond acceptors (Lipinski definition) is 5. The SMILES string of the molecule is COc1ccc(OC)c(NC(=O)C(Cc2ccccc2)N2C(=O)C3CCC(C)(C2=O)C3(C)C)c1. The van der Waals surface area contributed by atoms with Crippen molar-refractivity contribution in [1.82, 2.24) is 4.90 Å². The van der Waals surface area contributed by atoms with Crippen LogP contribution < -0.4 is 14.8 Å². The zero-order valence-corrected chi connectivity index (χ0v) is 20.4. The molecule has 1 saturated heterocycles. The van der Waals surface area contributed by atoms with E-state index in [0.29, 0.717) is 30.0 Å². The van der Waals surface area contributed by atoms with Crippen LogP contribution in [-0.2, 0) is 20.8 Å². The lowest BCUT2D eigenvalue weighted by Gasteiger charge is -2.49. The molecule has 0 radical (unpaired) electrons. The van der Waals surface area contributed by atoms with Gasteiger partial charge >= 0.3 is 0 Å². The molecule has 1 N–H and O–H groups in total. The second kappa shape index (κ2) is 8.78. The van der Waals surface area contributed by atoms with Crippen molar-refractivity contribution in [3.63, 3.8) is 0 Å². The molecule has 1 aliphatic carbocycles. The lowest BCUT2D eigenvalue weighted by molar-refractivity contribution is -0.172. The van der Waals surface area contributed by atoms with Crippen molar-refractivity contribution < 1.29 is 23.9 Å². The van der Waals surface area contributed by atoms with Crippen molar-refractivity contribution in [2.75, 3.05) is 19.5 Å². The molecule has 34 heavy (non-hydrogen) atoms. The van der Waals surface area contributed by atoms with Crippen molar-refractivity contribution in [2.45, 2.75) is 46.1 Å². The van der Waals surface area contributed by atoms with E-state index in [1.165, 1.54) is 19.1 Å². The van der Waals surface area contributed by atoms with Gasteiger partial charge in [-0.2, -0.15) is 0 Å². The molecule has 2 aromatic carbocycles. The Labute approximate surface area is 200 Å². The highest BCUT2D eigenvalue weighted by atomic mass is 16.5. The Balaban J connectivity index is 1.73. The maximum Gasteiger partial charge on any atom is 0.248 e. The summed E-state index contributed by atoms with van der Waals surface area (Å²) in [5.74, 6) is -0.277. The highest BCUT2D eigenvalue weighted by molar-refractivity contribution is 6.09. The van der Waals surface area contributed by atoms with E-state index in [4.69, 9.17) is 9.47 Å². The van der Waals surface area contributed by atoms with Gasteiger partial charge in [-0.25, -0.2) is 0 Å². The zero-order chi connectivity index (χ0) is 24.7. The van der Waals surface area contributed by atoms with Crippen LogP contribution in [0.25, 0.3) is 0 Å². The molecule has 0 spiro atoms. The van der Waals surface area contributed by atoms with E-state index in [1.54, 1.807) is 18.2 Å². The molecule has 180 valence electrons. The van der Waals surface area contributed by atoms with Crippen LogP contribution in [-0.4, -0.2) is 42.9 Å². The smallest absolute Gasteiger partial charge is 0.248 e. The van der Waals surface area contributed by atoms with Gasteiger partial charge in [-0.1, -0.05) is 51.1 Å².